The highest BCUT2D eigenvalue weighted by Crippen LogP contribution is 2.24. The number of hydrogen-bond donors (Lipinski definition) is 3. The van der Waals surface area contributed by atoms with Crippen LogP contribution in [-0.4, -0.2) is 50.2 Å². The number of anilines is 3. The van der Waals surface area contributed by atoms with Crippen molar-refractivity contribution in [1.82, 2.24) is 19.2 Å². The number of primary amides is 1. The van der Waals surface area contributed by atoms with E-state index in [1.165, 1.54) is 17.7 Å². The topological polar surface area (TPSA) is 126 Å². The number of hydrogen-bond acceptors (Lipinski definition) is 8. The zero-order chi connectivity index (χ0) is 21.1. The van der Waals surface area contributed by atoms with Gasteiger partial charge in [-0.1, -0.05) is 18.2 Å². The maximum absolute atomic E-state index is 12.6. The van der Waals surface area contributed by atoms with Crippen LogP contribution in [0.5, 0.6) is 0 Å². The summed E-state index contributed by atoms with van der Waals surface area (Å²) in [5, 5.41) is 7.11. The van der Waals surface area contributed by atoms with Crippen molar-refractivity contribution in [3.05, 3.63) is 59.5 Å². The molecule has 1 saturated heterocycles. The molecule has 1 atom stereocenters. The van der Waals surface area contributed by atoms with Gasteiger partial charge in [0.15, 0.2) is 11.5 Å². The van der Waals surface area contributed by atoms with Gasteiger partial charge in [0.2, 0.25) is 0 Å². The lowest BCUT2D eigenvalue weighted by atomic mass is 10.2. The van der Waals surface area contributed by atoms with Crippen molar-refractivity contribution in [3.63, 3.8) is 0 Å². The minimum absolute atomic E-state index is 0.0120. The van der Waals surface area contributed by atoms with Gasteiger partial charge in [0, 0.05) is 24.7 Å². The first-order chi connectivity index (χ1) is 14.5. The molecule has 9 nitrogen and oxygen atoms in total. The third-order valence-electron chi connectivity index (χ3n) is 4.72. The Hall–Kier alpha value is -3.53. The molecule has 4 rings (SSSR count). The normalized spacial score (nSPS) is 15.8. The Morgan fingerprint density at radius 1 is 1.27 bits per heavy atom. The number of likely N-dealkylation sites (tertiary alicyclic amines) is 1. The van der Waals surface area contributed by atoms with E-state index in [4.69, 9.17) is 5.73 Å². The quantitative estimate of drug-likeness (QED) is 0.556. The zero-order valence-electron chi connectivity index (χ0n) is 16.3. The number of aromatic nitrogens is 3. The Morgan fingerprint density at radius 3 is 2.77 bits per heavy atom. The Morgan fingerprint density at radius 2 is 2.07 bits per heavy atom. The van der Waals surface area contributed by atoms with Crippen molar-refractivity contribution in [2.24, 2.45) is 5.73 Å². The summed E-state index contributed by atoms with van der Waals surface area (Å²) in [4.78, 5) is 34.8. The monoisotopic (exact) mass is 423 g/mol. The van der Waals surface area contributed by atoms with Crippen LogP contribution in [0.1, 0.15) is 33.0 Å². The van der Waals surface area contributed by atoms with E-state index < -0.39 is 5.91 Å². The molecule has 0 radical (unpaired) electrons. The fourth-order valence-corrected chi connectivity index (χ4v) is 3.96. The van der Waals surface area contributed by atoms with Crippen LogP contribution in [0.25, 0.3) is 0 Å². The highest BCUT2D eigenvalue weighted by atomic mass is 32.1. The van der Waals surface area contributed by atoms with Crippen molar-refractivity contribution < 1.29 is 9.59 Å². The number of carbonyl (C=O) groups is 2. The molecule has 0 aliphatic carbocycles. The molecule has 30 heavy (non-hydrogen) atoms. The maximum atomic E-state index is 12.6. The van der Waals surface area contributed by atoms with Crippen molar-refractivity contribution in [3.8, 4) is 0 Å². The van der Waals surface area contributed by atoms with E-state index in [-0.39, 0.29) is 23.5 Å². The lowest BCUT2D eigenvalue weighted by molar-refractivity contribution is 0.0791. The summed E-state index contributed by atoms with van der Waals surface area (Å²) in [7, 11) is 0. The summed E-state index contributed by atoms with van der Waals surface area (Å²) >= 11 is 1.26. The molecule has 154 valence electrons. The van der Waals surface area contributed by atoms with E-state index in [9.17, 15) is 9.59 Å². The summed E-state index contributed by atoms with van der Waals surface area (Å²) in [6.07, 6.45) is 2.26. The first-order valence-corrected chi connectivity index (χ1v) is 10.2. The molecule has 2 aromatic heterocycles. The Balaban J connectivity index is 1.46. The number of aryl methyl sites for hydroxylation is 1. The van der Waals surface area contributed by atoms with Crippen LogP contribution < -0.4 is 16.4 Å². The fourth-order valence-electron chi connectivity index (χ4n) is 3.30. The molecule has 3 aromatic rings. The largest absolute Gasteiger partial charge is 0.364 e. The minimum atomic E-state index is -0.668. The summed E-state index contributed by atoms with van der Waals surface area (Å²) in [6, 6.07) is 11.1. The van der Waals surface area contributed by atoms with Gasteiger partial charge >= 0.3 is 0 Å². The van der Waals surface area contributed by atoms with Crippen LogP contribution in [0, 0.1) is 6.92 Å². The molecule has 0 saturated carbocycles. The summed E-state index contributed by atoms with van der Waals surface area (Å²) in [5.41, 5.74) is 7.03. The van der Waals surface area contributed by atoms with E-state index in [1.807, 2.05) is 48.2 Å². The number of nitrogens with zero attached hydrogens (tertiary/aromatic N) is 4. The Bertz CT molecular complexity index is 1070. The van der Waals surface area contributed by atoms with Crippen LogP contribution in [0.4, 0.5) is 16.6 Å². The van der Waals surface area contributed by atoms with Crippen LogP contribution in [0.15, 0.2) is 42.6 Å². The van der Waals surface area contributed by atoms with Crippen LogP contribution >= 0.6 is 11.5 Å². The van der Waals surface area contributed by atoms with Gasteiger partial charge < -0.3 is 21.3 Å². The maximum Gasteiger partial charge on any atom is 0.271 e. The number of amides is 2. The third-order valence-corrected chi connectivity index (χ3v) is 5.52. The van der Waals surface area contributed by atoms with Gasteiger partial charge in [0.25, 0.3) is 11.8 Å². The molecule has 1 aromatic carbocycles. The van der Waals surface area contributed by atoms with Crippen LogP contribution in [-0.2, 0) is 0 Å². The highest BCUT2D eigenvalue weighted by molar-refractivity contribution is 7.10. The molecule has 10 heteroatoms. The summed E-state index contributed by atoms with van der Waals surface area (Å²) in [5.74, 6) is 0.116. The Kier molecular flexibility index (Phi) is 5.57. The van der Waals surface area contributed by atoms with Gasteiger partial charge in [0.05, 0.1) is 11.9 Å². The van der Waals surface area contributed by atoms with Crippen molar-refractivity contribution >= 4 is 40.0 Å². The number of carbonyl (C=O) groups excluding carboxylic acids is 2. The number of nitrogens with one attached hydrogen (secondary N) is 2. The summed E-state index contributed by atoms with van der Waals surface area (Å²) < 4.78 is 4.20. The molecule has 1 aliphatic heterocycles. The number of benzene rings is 1. The molecule has 0 spiro atoms. The van der Waals surface area contributed by atoms with Gasteiger partial charge in [-0.3, -0.25) is 9.59 Å². The van der Waals surface area contributed by atoms with E-state index >= 15 is 0 Å². The SMILES string of the molecule is Cc1cc(Nc2nc(N[C@@H]3CCN(C(=O)c4ccccc4)C3)cnc2C(N)=O)sn1. The molecule has 0 unspecified atom stereocenters. The molecule has 3 heterocycles. The van der Waals surface area contributed by atoms with Crippen LogP contribution in [0.2, 0.25) is 0 Å². The Labute approximate surface area is 177 Å². The fraction of sp³-hybridized carbons (Fsp3) is 0.250. The molecule has 2 amide bonds. The summed E-state index contributed by atoms with van der Waals surface area (Å²) in [6.45, 7) is 3.09. The lowest BCUT2D eigenvalue weighted by Gasteiger charge is -2.18. The standard InChI is InChI=1S/C20H21N7O2S/c1-12-9-16(30-26-12)25-19-17(18(21)28)22-10-15(24-19)23-14-7-8-27(11-14)20(29)13-5-3-2-4-6-13/h2-6,9-10,14H,7-8,11H2,1H3,(H2,21,28)(H2,23,24,25)/t14-/m1/s1. The molecule has 1 fully saturated rings. The third kappa shape index (κ3) is 4.38. The predicted molar refractivity (Wildman–Crippen MR) is 115 cm³/mol. The van der Waals surface area contributed by atoms with Crippen LogP contribution in [0.3, 0.4) is 0 Å². The predicted octanol–water partition coefficient (Wildman–Crippen LogP) is 2.41. The molecule has 0 bridgehead atoms. The van der Waals surface area contributed by atoms with Gasteiger partial charge in [-0.25, -0.2) is 9.97 Å². The number of nitrogens with two attached hydrogens (primary N) is 1. The first kappa shape index (κ1) is 19.8. The zero-order valence-corrected chi connectivity index (χ0v) is 17.1. The van der Waals surface area contributed by atoms with E-state index in [0.717, 1.165) is 17.1 Å². The number of rotatable bonds is 6. The average molecular weight is 424 g/mol. The smallest absolute Gasteiger partial charge is 0.271 e. The molecule has 4 N–H and O–H groups in total. The van der Waals surface area contributed by atoms with Crippen molar-refractivity contribution in [2.45, 2.75) is 19.4 Å². The van der Waals surface area contributed by atoms with Gasteiger partial charge in [-0.2, -0.15) is 4.37 Å². The molecule has 1 aliphatic rings. The average Bonchev–Trinajstić information content (AvgIpc) is 3.37. The van der Waals surface area contributed by atoms with Crippen molar-refractivity contribution in [2.75, 3.05) is 23.7 Å². The highest BCUT2D eigenvalue weighted by Gasteiger charge is 2.27. The second-order valence-corrected chi connectivity index (χ2v) is 7.83. The van der Waals surface area contributed by atoms with E-state index in [2.05, 4.69) is 25.0 Å². The van der Waals surface area contributed by atoms with Crippen molar-refractivity contribution in [1.29, 1.82) is 0 Å². The molecular formula is C20H21N7O2S. The van der Waals surface area contributed by atoms with E-state index in [1.54, 1.807) is 0 Å². The lowest BCUT2D eigenvalue weighted by Crippen LogP contribution is -2.31. The first-order valence-electron chi connectivity index (χ1n) is 9.47. The van der Waals surface area contributed by atoms with Gasteiger partial charge in [-0.15, -0.1) is 0 Å². The minimum Gasteiger partial charge on any atom is -0.364 e. The van der Waals surface area contributed by atoms with Gasteiger partial charge in [0.1, 0.15) is 10.8 Å². The second-order valence-electron chi connectivity index (χ2n) is 7.02. The van der Waals surface area contributed by atoms with E-state index in [0.29, 0.717) is 24.5 Å². The second kappa shape index (κ2) is 8.46. The van der Waals surface area contributed by atoms with Gasteiger partial charge in [-0.05, 0) is 43.1 Å². The molecular weight excluding hydrogens is 402 g/mol.